The van der Waals surface area contributed by atoms with Crippen molar-refractivity contribution in [3.8, 4) is 23.1 Å². The highest BCUT2D eigenvalue weighted by molar-refractivity contribution is 7.16. The lowest BCUT2D eigenvalue weighted by molar-refractivity contribution is 0.283. The van der Waals surface area contributed by atoms with Crippen LogP contribution in [0.4, 0.5) is 0 Å². The summed E-state index contributed by atoms with van der Waals surface area (Å²) in [7, 11) is 1.62. The Hall–Kier alpha value is -3.39. The molecule has 140 valence electrons. The molecule has 0 saturated heterocycles. The summed E-state index contributed by atoms with van der Waals surface area (Å²) in [6.45, 7) is 2.33. The Kier molecular flexibility index (Phi) is 3.98. The number of nitrogens with zero attached hydrogens (tertiary/aromatic N) is 4. The van der Waals surface area contributed by atoms with E-state index >= 15 is 0 Å². The summed E-state index contributed by atoms with van der Waals surface area (Å²) in [6.07, 6.45) is 0. The minimum atomic E-state index is 0.312. The summed E-state index contributed by atoms with van der Waals surface area (Å²) in [6, 6.07) is 15.4. The van der Waals surface area contributed by atoms with Crippen LogP contribution in [0.1, 0.15) is 10.6 Å². The molecule has 0 aliphatic rings. The Bertz CT molecular complexity index is 1290. The smallest absolute Gasteiger partial charge is 0.235 e. The summed E-state index contributed by atoms with van der Waals surface area (Å²) in [5.74, 6) is 2.62. The highest BCUT2D eigenvalue weighted by atomic mass is 32.1. The van der Waals surface area contributed by atoms with E-state index in [4.69, 9.17) is 13.9 Å². The number of rotatable bonds is 5. The van der Waals surface area contributed by atoms with Crippen LogP contribution in [0.5, 0.6) is 11.5 Å². The van der Waals surface area contributed by atoms with E-state index in [1.165, 1.54) is 11.3 Å². The maximum atomic E-state index is 6.01. The Balaban J connectivity index is 1.48. The van der Waals surface area contributed by atoms with E-state index in [0.29, 0.717) is 34.7 Å². The van der Waals surface area contributed by atoms with E-state index in [-0.39, 0.29) is 0 Å². The quantitative estimate of drug-likeness (QED) is 0.439. The molecule has 0 amide bonds. The molecule has 0 N–H and O–H groups in total. The fourth-order valence-electron chi connectivity index (χ4n) is 3.12. The molecule has 0 aliphatic carbocycles. The number of para-hydroxylation sites is 3. The summed E-state index contributed by atoms with van der Waals surface area (Å²) in [4.78, 5) is 0.688. The molecule has 0 unspecified atom stereocenters. The second kappa shape index (κ2) is 6.65. The van der Waals surface area contributed by atoms with Gasteiger partial charge in [0.25, 0.3) is 0 Å². The van der Waals surface area contributed by atoms with Crippen molar-refractivity contribution in [1.82, 2.24) is 19.8 Å². The van der Waals surface area contributed by atoms with Gasteiger partial charge in [0.2, 0.25) is 10.8 Å². The van der Waals surface area contributed by atoms with Crippen molar-refractivity contribution in [1.29, 1.82) is 0 Å². The van der Waals surface area contributed by atoms with Crippen LogP contribution in [-0.2, 0) is 6.61 Å². The average molecular weight is 392 g/mol. The third kappa shape index (κ3) is 2.69. The third-order valence-corrected chi connectivity index (χ3v) is 5.37. The van der Waals surface area contributed by atoms with E-state index in [1.54, 1.807) is 11.6 Å². The molecule has 3 aromatic heterocycles. The van der Waals surface area contributed by atoms with Gasteiger partial charge in [0, 0.05) is 10.9 Å². The van der Waals surface area contributed by atoms with Gasteiger partial charge in [-0.25, -0.2) is 0 Å². The molecule has 0 atom stereocenters. The molecule has 0 fully saturated rings. The Morgan fingerprint density at radius 2 is 1.82 bits per heavy atom. The van der Waals surface area contributed by atoms with Crippen LogP contribution >= 0.6 is 11.3 Å². The molecule has 0 bridgehead atoms. The van der Waals surface area contributed by atoms with Gasteiger partial charge in [-0.2, -0.15) is 9.61 Å². The number of hydrogen-bond donors (Lipinski definition) is 0. The largest absolute Gasteiger partial charge is 0.493 e. The minimum Gasteiger partial charge on any atom is -0.493 e. The molecule has 7 nitrogen and oxygen atoms in total. The zero-order valence-electron chi connectivity index (χ0n) is 15.2. The number of furan rings is 1. The predicted molar refractivity (Wildman–Crippen MR) is 106 cm³/mol. The van der Waals surface area contributed by atoms with Crippen LogP contribution in [0.2, 0.25) is 0 Å². The molecule has 0 aliphatic heterocycles. The van der Waals surface area contributed by atoms with Gasteiger partial charge in [0.05, 0.1) is 7.11 Å². The first kappa shape index (κ1) is 16.8. The first-order valence-electron chi connectivity index (χ1n) is 8.70. The zero-order chi connectivity index (χ0) is 19.1. The molecule has 28 heavy (non-hydrogen) atoms. The molecule has 0 spiro atoms. The van der Waals surface area contributed by atoms with Crippen LogP contribution in [0.25, 0.3) is 27.5 Å². The van der Waals surface area contributed by atoms with E-state index in [9.17, 15) is 0 Å². The van der Waals surface area contributed by atoms with Crippen molar-refractivity contribution in [3.05, 3.63) is 59.1 Å². The van der Waals surface area contributed by atoms with Crippen LogP contribution in [0.15, 0.2) is 52.9 Å². The molecule has 5 aromatic rings. The monoisotopic (exact) mass is 392 g/mol. The summed E-state index contributed by atoms with van der Waals surface area (Å²) in [5.41, 5.74) is 1.84. The Labute approximate surface area is 164 Å². The normalized spacial score (nSPS) is 11.4. The van der Waals surface area contributed by atoms with Crippen molar-refractivity contribution in [2.45, 2.75) is 13.5 Å². The van der Waals surface area contributed by atoms with Crippen molar-refractivity contribution in [2.75, 3.05) is 7.11 Å². The standard InChI is InChI=1S/C20H16N4O3S/c1-12-13-7-3-4-8-14(13)27-18(12)19-21-22-20-24(19)23-17(28-20)11-26-16-10-6-5-9-15(16)25-2/h3-10H,11H2,1-2H3. The lowest BCUT2D eigenvalue weighted by atomic mass is 10.1. The molecule has 0 saturated carbocycles. The van der Waals surface area contributed by atoms with Gasteiger partial charge in [-0.3, -0.25) is 0 Å². The van der Waals surface area contributed by atoms with Crippen LogP contribution in [0, 0.1) is 6.92 Å². The lowest BCUT2D eigenvalue weighted by Gasteiger charge is -2.08. The van der Waals surface area contributed by atoms with Gasteiger partial charge in [0.15, 0.2) is 22.3 Å². The fourth-order valence-corrected chi connectivity index (χ4v) is 3.87. The van der Waals surface area contributed by atoms with Crippen LogP contribution in [0.3, 0.4) is 0 Å². The maximum absolute atomic E-state index is 6.01. The number of ether oxygens (including phenoxy) is 2. The van der Waals surface area contributed by atoms with Gasteiger partial charge in [-0.05, 0) is 25.1 Å². The average Bonchev–Trinajstić information content (AvgIpc) is 3.40. The Morgan fingerprint density at radius 3 is 2.64 bits per heavy atom. The van der Waals surface area contributed by atoms with Gasteiger partial charge in [-0.15, -0.1) is 10.2 Å². The first-order chi connectivity index (χ1) is 13.7. The molecule has 5 rings (SSSR count). The van der Waals surface area contributed by atoms with Gasteiger partial charge in [0.1, 0.15) is 12.2 Å². The second-order valence-corrected chi connectivity index (χ2v) is 7.25. The number of benzene rings is 2. The number of aromatic nitrogens is 4. The Morgan fingerprint density at radius 1 is 1.04 bits per heavy atom. The molecule has 8 heteroatoms. The molecule has 0 radical (unpaired) electrons. The van der Waals surface area contributed by atoms with Crippen molar-refractivity contribution in [3.63, 3.8) is 0 Å². The summed E-state index contributed by atoms with van der Waals surface area (Å²) < 4.78 is 18.9. The maximum Gasteiger partial charge on any atom is 0.235 e. The number of fused-ring (bicyclic) bond motifs is 2. The molecule has 3 heterocycles. The fraction of sp³-hybridized carbons (Fsp3) is 0.150. The van der Waals surface area contributed by atoms with Crippen molar-refractivity contribution >= 4 is 27.3 Å². The van der Waals surface area contributed by atoms with E-state index in [0.717, 1.165) is 21.5 Å². The van der Waals surface area contributed by atoms with Crippen molar-refractivity contribution < 1.29 is 13.9 Å². The number of hydrogen-bond acceptors (Lipinski definition) is 7. The topological polar surface area (TPSA) is 74.7 Å². The SMILES string of the molecule is COc1ccccc1OCc1nn2c(-c3oc4ccccc4c3C)nnc2s1. The van der Waals surface area contributed by atoms with E-state index < -0.39 is 0 Å². The van der Waals surface area contributed by atoms with Crippen molar-refractivity contribution in [2.24, 2.45) is 0 Å². The predicted octanol–water partition coefficient (Wildman–Crippen LogP) is 4.50. The molecular formula is C20H16N4O3S. The minimum absolute atomic E-state index is 0.312. The lowest BCUT2D eigenvalue weighted by Crippen LogP contribution is -1.99. The second-order valence-electron chi connectivity index (χ2n) is 6.21. The third-order valence-electron chi connectivity index (χ3n) is 4.50. The van der Waals surface area contributed by atoms with Gasteiger partial charge < -0.3 is 13.9 Å². The number of aryl methyl sites for hydroxylation is 1. The molecular weight excluding hydrogens is 376 g/mol. The van der Waals surface area contributed by atoms with Gasteiger partial charge >= 0.3 is 0 Å². The molecule has 2 aromatic carbocycles. The summed E-state index contributed by atoms with van der Waals surface area (Å²) >= 11 is 1.43. The highest BCUT2D eigenvalue weighted by Crippen LogP contribution is 2.33. The first-order valence-corrected chi connectivity index (χ1v) is 9.51. The zero-order valence-corrected chi connectivity index (χ0v) is 16.1. The van der Waals surface area contributed by atoms with Crippen LogP contribution in [-0.4, -0.2) is 26.9 Å². The van der Waals surface area contributed by atoms with Gasteiger partial charge in [-0.1, -0.05) is 41.7 Å². The highest BCUT2D eigenvalue weighted by Gasteiger charge is 2.20. The van der Waals surface area contributed by atoms with E-state index in [1.807, 2.05) is 55.5 Å². The van der Waals surface area contributed by atoms with Crippen LogP contribution < -0.4 is 9.47 Å². The number of methoxy groups -OCH3 is 1. The summed E-state index contributed by atoms with van der Waals surface area (Å²) in [5, 5.41) is 15.0. The van der Waals surface area contributed by atoms with E-state index in [2.05, 4.69) is 15.3 Å².